The molecule has 2 N–H and O–H groups in total. The number of nitro benzene ring substituents is 1. The summed E-state index contributed by atoms with van der Waals surface area (Å²) in [6, 6.07) is 5.91. The fourth-order valence-corrected chi connectivity index (χ4v) is 3.21. The number of nitrogens with zero attached hydrogens (tertiary/aromatic N) is 4. The molecule has 0 unspecified atom stereocenters. The number of aromatic nitrogens is 2. The second-order valence-electron chi connectivity index (χ2n) is 6.27. The summed E-state index contributed by atoms with van der Waals surface area (Å²) in [5, 5.41) is 21.1. The summed E-state index contributed by atoms with van der Waals surface area (Å²) < 4.78 is 1.54. The third kappa shape index (κ3) is 4.40. The van der Waals surface area contributed by atoms with Crippen molar-refractivity contribution in [1.82, 2.24) is 14.7 Å². The number of piperidine rings is 1. The summed E-state index contributed by atoms with van der Waals surface area (Å²) in [5.41, 5.74) is 1.57. The monoisotopic (exact) mass is 388 g/mol. The third-order valence-corrected chi connectivity index (χ3v) is 4.57. The zero-order valence-corrected chi connectivity index (χ0v) is 15.7. The molecule has 27 heavy (non-hydrogen) atoms. The number of anilines is 2. The zero-order valence-electron chi connectivity index (χ0n) is 14.8. The number of rotatable bonds is 4. The van der Waals surface area contributed by atoms with Crippen molar-refractivity contribution in [3.05, 3.63) is 46.3 Å². The van der Waals surface area contributed by atoms with Gasteiger partial charge in [0.1, 0.15) is 5.69 Å². The minimum atomic E-state index is -0.464. The largest absolute Gasteiger partial charge is 0.337 e. The fraction of sp³-hybridized carbons (Fsp3) is 0.353. The minimum Gasteiger partial charge on any atom is -0.337 e. The van der Waals surface area contributed by atoms with Gasteiger partial charge in [-0.25, -0.2) is 0 Å². The van der Waals surface area contributed by atoms with E-state index in [2.05, 4.69) is 15.7 Å². The molecule has 9 nitrogen and oxygen atoms in total. The number of aryl methyl sites for hydroxylation is 1. The molecule has 0 radical (unpaired) electrons. The van der Waals surface area contributed by atoms with E-state index < -0.39 is 4.92 Å². The van der Waals surface area contributed by atoms with Crippen molar-refractivity contribution in [2.75, 3.05) is 23.7 Å². The van der Waals surface area contributed by atoms with E-state index in [1.165, 1.54) is 16.8 Å². The standard InChI is InChI=1S/C17H20N6O3S/c1-21-15(16(24)22-9-3-2-4-10-22)14(11-18-21)20-17(27)19-12-5-7-13(8-6-12)23(25)26/h5-8,11H,2-4,9-10H2,1H3,(H2,19,20,27). The molecule has 1 aliphatic heterocycles. The number of carbonyl (C=O) groups excluding carboxylic acids is 1. The summed E-state index contributed by atoms with van der Waals surface area (Å²) in [4.78, 5) is 24.9. The molecule has 0 aliphatic carbocycles. The van der Waals surface area contributed by atoms with Crippen molar-refractivity contribution >= 4 is 40.3 Å². The van der Waals surface area contributed by atoms with Gasteiger partial charge in [-0.1, -0.05) is 0 Å². The van der Waals surface area contributed by atoms with Gasteiger partial charge in [0.05, 0.1) is 16.8 Å². The van der Waals surface area contributed by atoms with E-state index in [0.29, 0.717) is 17.1 Å². The average Bonchev–Trinajstić information content (AvgIpc) is 3.02. The Morgan fingerprint density at radius 1 is 1.19 bits per heavy atom. The molecule has 3 rings (SSSR count). The number of hydrogen-bond acceptors (Lipinski definition) is 5. The van der Waals surface area contributed by atoms with Crippen LogP contribution in [0.3, 0.4) is 0 Å². The number of thiocarbonyl (C=S) groups is 1. The lowest BCUT2D eigenvalue weighted by Crippen LogP contribution is -2.37. The van der Waals surface area contributed by atoms with Gasteiger partial charge in [-0.15, -0.1) is 0 Å². The van der Waals surface area contributed by atoms with E-state index in [0.717, 1.165) is 32.4 Å². The van der Waals surface area contributed by atoms with Gasteiger partial charge in [0.25, 0.3) is 11.6 Å². The van der Waals surface area contributed by atoms with Crippen LogP contribution in [-0.4, -0.2) is 43.7 Å². The summed E-state index contributed by atoms with van der Waals surface area (Å²) in [7, 11) is 1.72. The maximum Gasteiger partial charge on any atom is 0.274 e. The third-order valence-electron chi connectivity index (χ3n) is 4.37. The van der Waals surface area contributed by atoms with Crippen LogP contribution in [0.25, 0.3) is 0 Å². The Morgan fingerprint density at radius 2 is 1.85 bits per heavy atom. The normalized spacial score (nSPS) is 13.9. The Balaban J connectivity index is 1.69. The molecule has 1 aliphatic rings. The smallest absolute Gasteiger partial charge is 0.274 e. The van der Waals surface area contributed by atoms with Gasteiger partial charge in [0.2, 0.25) is 0 Å². The van der Waals surface area contributed by atoms with E-state index in [9.17, 15) is 14.9 Å². The average molecular weight is 388 g/mol. The lowest BCUT2D eigenvalue weighted by Gasteiger charge is -2.27. The topological polar surface area (TPSA) is 105 Å². The molecule has 0 spiro atoms. The minimum absolute atomic E-state index is 0.00102. The summed E-state index contributed by atoms with van der Waals surface area (Å²) >= 11 is 5.30. The van der Waals surface area contributed by atoms with Crippen LogP contribution in [-0.2, 0) is 7.05 Å². The number of nitro groups is 1. The molecule has 1 fully saturated rings. The Labute approximate surface area is 161 Å². The van der Waals surface area contributed by atoms with Gasteiger partial charge >= 0.3 is 0 Å². The number of non-ortho nitro benzene ring substituents is 1. The predicted molar refractivity (Wildman–Crippen MR) is 106 cm³/mol. The van der Waals surface area contributed by atoms with Crippen LogP contribution in [0.2, 0.25) is 0 Å². The summed E-state index contributed by atoms with van der Waals surface area (Å²) in [6.07, 6.45) is 4.71. The SMILES string of the molecule is Cn1ncc(NC(=S)Nc2ccc([N+](=O)[O-])cc2)c1C(=O)N1CCCCC1. The first-order chi connectivity index (χ1) is 13.0. The molecule has 2 aromatic rings. The van der Waals surface area contributed by atoms with Gasteiger partial charge in [0.15, 0.2) is 5.11 Å². The van der Waals surface area contributed by atoms with Crippen LogP contribution >= 0.6 is 12.2 Å². The molecular formula is C17H20N6O3S. The number of amides is 1. The second kappa shape index (κ2) is 8.12. The van der Waals surface area contributed by atoms with E-state index >= 15 is 0 Å². The first-order valence-corrected chi connectivity index (χ1v) is 9.00. The molecular weight excluding hydrogens is 368 g/mol. The number of carbonyl (C=O) groups is 1. The Morgan fingerprint density at radius 3 is 2.48 bits per heavy atom. The van der Waals surface area contributed by atoms with Crippen LogP contribution in [0, 0.1) is 10.1 Å². The quantitative estimate of drug-likeness (QED) is 0.471. The Kier molecular flexibility index (Phi) is 5.65. The number of hydrogen-bond donors (Lipinski definition) is 2. The first-order valence-electron chi connectivity index (χ1n) is 8.59. The molecule has 1 amide bonds. The molecule has 0 saturated carbocycles. The lowest BCUT2D eigenvalue weighted by atomic mass is 10.1. The molecule has 0 bridgehead atoms. The second-order valence-corrected chi connectivity index (χ2v) is 6.67. The highest BCUT2D eigenvalue weighted by molar-refractivity contribution is 7.80. The number of nitrogens with one attached hydrogen (secondary N) is 2. The van der Waals surface area contributed by atoms with Crippen molar-refractivity contribution in [1.29, 1.82) is 0 Å². The molecule has 2 heterocycles. The zero-order chi connectivity index (χ0) is 19.4. The van der Waals surface area contributed by atoms with Gasteiger partial charge in [-0.3, -0.25) is 19.6 Å². The van der Waals surface area contributed by atoms with E-state index in [1.807, 2.05) is 4.90 Å². The molecule has 142 valence electrons. The van der Waals surface area contributed by atoms with Crippen molar-refractivity contribution in [2.45, 2.75) is 19.3 Å². The van der Waals surface area contributed by atoms with Crippen molar-refractivity contribution in [3.8, 4) is 0 Å². The van der Waals surface area contributed by atoms with Crippen LogP contribution in [0.5, 0.6) is 0 Å². The highest BCUT2D eigenvalue weighted by atomic mass is 32.1. The summed E-state index contributed by atoms with van der Waals surface area (Å²) in [5.74, 6) is -0.0738. The highest BCUT2D eigenvalue weighted by Gasteiger charge is 2.24. The lowest BCUT2D eigenvalue weighted by molar-refractivity contribution is -0.384. The van der Waals surface area contributed by atoms with Crippen molar-refractivity contribution in [3.63, 3.8) is 0 Å². The highest BCUT2D eigenvalue weighted by Crippen LogP contribution is 2.20. The van der Waals surface area contributed by atoms with Crippen molar-refractivity contribution in [2.24, 2.45) is 7.05 Å². The first kappa shape index (κ1) is 18.8. The van der Waals surface area contributed by atoms with Gasteiger partial charge < -0.3 is 15.5 Å². The fourth-order valence-electron chi connectivity index (χ4n) is 2.98. The predicted octanol–water partition coefficient (Wildman–Crippen LogP) is 2.76. The summed E-state index contributed by atoms with van der Waals surface area (Å²) in [6.45, 7) is 1.49. The molecule has 1 aromatic carbocycles. The maximum absolute atomic E-state index is 12.8. The van der Waals surface area contributed by atoms with Gasteiger partial charge in [0, 0.05) is 38.0 Å². The van der Waals surface area contributed by atoms with Gasteiger partial charge in [-0.2, -0.15) is 5.10 Å². The van der Waals surface area contributed by atoms with Crippen LogP contribution in [0.4, 0.5) is 17.1 Å². The van der Waals surface area contributed by atoms with Crippen molar-refractivity contribution < 1.29 is 9.72 Å². The van der Waals surface area contributed by atoms with Gasteiger partial charge in [-0.05, 0) is 43.6 Å². The van der Waals surface area contributed by atoms with Crippen LogP contribution < -0.4 is 10.6 Å². The number of likely N-dealkylation sites (tertiary alicyclic amines) is 1. The molecule has 0 atom stereocenters. The molecule has 1 saturated heterocycles. The van der Waals surface area contributed by atoms with Crippen LogP contribution in [0.15, 0.2) is 30.5 Å². The van der Waals surface area contributed by atoms with E-state index in [-0.39, 0.29) is 16.7 Å². The Hall–Kier alpha value is -3.01. The van der Waals surface area contributed by atoms with Crippen LogP contribution in [0.1, 0.15) is 29.8 Å². The number of benzene rings is 1. The van der Waals surface area contributed by atoms with E-state index in [4.69, 9.17) is 12.2 Å². The van der Waals surface area contributed by atoms with E-state index in [1.54, 1.807) is 25.4 Å². The Bertz CT molecular complexity index is 858. The molecule has 10 heteroatoms. The molecule has 1 aromatic heterocycles. The maximum atomic E-state index is 12.8.